The summed E-state index contributed by atoms with van der Waals surface area (Å²) in [6.07, 6.45) is 0. The Labute approximate surface area is 144 Å². The van der Waals surface area contributed by atoms with E-state index in [1.54, 1.807) is 24.3 Å². The Bertz CT molecular complexity index is 833. The molecule has 1 atom stereocenters. The third kappa shape index (κ3) is 3.63. The van der Waals surface area contributed by atoms with Crippen molar-refractivity contribution in [2.75, 3.05) is 6.54 Å². The molecule has 122 valence electrons. The van der Waals surface area contributed by atoms with Gasteiger partial charge in [-0.3, -0.25) is 4.79 Å². The fourth-order valence-corrected chi connectivity index (χ4v) is 2.44. The molecule has 0 spiro atoms. The van der Waals surface area contributed by atoms with Gasteiger partial charge in [-0.2, -0.15) is 4.98 Å². The maximum Gasteiger partial charge on any atom is 0.252 e. The van der Waals surface area contributed by atoms with Gasteiger partial charge in [0.05, 0.1) is 16.5 Å². The molecule has 1 heterocycles. The van der Waals surface area contributed by atoms with Crippen LogP contribution in [-0.4, -0.2) is 22.6 Å². The van der Waals surface area contributed by atoms with Crippen LogP contribution in [0.4, 0.5) is 0 Å². The zero-order valence-corrected chi connectivity index (χ0v) is 13.8. The maximum absolute atomic E-state index is 12.2. The smallest absolute Gasteiger partial charge is 0.252 e. The molecule has 1 amide bonds. The molecule has 24 heavy (non-hydrogen) atoms. The Morgan fingerprint density at radius 2 is 1.88 bits per heavy atom. The fraction of sp³-hybridized carbons (Fsp3) is 0.167. The van der Waals surface area contributed by atoms with E-state index in [2.05, 4.69) is 15.5 Å². The van der Waals surface area contributed by atoms with Gasteiger partial charge in [0.2, 0.25) is 11.7 Å². The van der Waals surface area contributed by atoms with Crippen LogP contribution in [0, 0.1) is 0 Å². The molecule has 3 aromatic rings. The summed E-state index contributed by atoms with van der Waals surface area (Å²) in [5.74, 6) is 0.680. The first-order valence-electron chi connectivity index (χ1n) is 7.57. The average molecular weight is 342 g/mol. The van der Waals surface area contributed by atoms with Gasteiger partial charge in [-0.15, -0.1) is 0 Å². The Morgan fingerprint density at radius 3 is 2.62 bits per heavy atom. The van der Waals surface area contributed by atoms with Crippen molar-refractivity contribution in [1.29, 1.82) is 0 Å². The van der Waals surface area contributed by atoms with E-state index in [1.807, 2.05) is 37.3 Å². The van der Waals surface area contributed by atoms with Gasteiger partial charge < -0.3 is 9.84 Å². The number of nitrogens with one attached hydrogen (secondary N) is 1. The van der Waals surface area contributed by atoms with Gasteiger partial charge in [0, 0.05) is 12.1 Å². The second-order valence-electron chi connectivity index (χ2n) is 5.41. The summed E-state index contributed by atoms with van der Waals surface area (Å²) in [6.45, 7) is 2.29. The van der Waals surface area contributed by atoms with E-state index < -0.39 is 0 Å². The van der Waals surface area contributed by atoms with E-state index in [9.17, 15) is 4.79 Å². The van der Waals surface area contributed by atoms with E-state index in [4.69, 9.17) is 16.1 Å². The Kier molecular flexibility index (Phi) is 4.91. The van der Waals surface area contributed by atoms with Crippen LogP contribution in [0.2, 0.25) is 5.02 Å². The van der Waals surface area contributed by atoms with Crippen molar-refractivity contribution in [3.8, 4) is 11.4 Å². The molecular weight excluding hydrogens is 326 g/mol. The second-order valence-corrected chi connectivity index (χ2v) is 5.82. The highest BCUT2D eigenvalue weighted by atomic mass is 35.5. The highest BCUT2D eigenvalue weighted by Crippen LogP contribution is 2.19. The largest absolute Gasteiger partial charge is 0.351 e. The molecular formula is C18H16ClN3O2. The molecule has 0 fully saturated rings. The minimum absolute atomic E-state index is 0.110. The minimum atomic E-state index is -0.227. The first-order valence-corrected chi connectivity index (χ1v) is 7.94. The summed E-state index contributed by atoms with van der Waals surface area (Å²) < 4.78 is 5.30. The molecule has 3 rings (SSSR count). The summed E-state index contributed by atoms with van der Waals surface area (Å²) in [6, 6.07) is 16.5. The lowest BCUT2D eigenvalue weighted by atomic mass is 10.1. The highest BCUT2D eigenvalue weighted by molar-refractivity contribution is 6.33. The third-order valence-electron chi connectivity index (χ3n) is 3.58. The number of carbonyl (C=O) groups is 1. The number of benzene rings is 2. The van der Waals surface area contributed by atoms with Crippen LogP contribution in [0.3, 0.4) is 0 Å². The molecule has 2 aromatic carbocycles. The Morgan fingerprint density at radius 1 is 1.17 bits per heavy atom. The zero-order valence-electron chi connectivity index (χ0n) is 13.1. The molecule has 6 heteroatoms. The number of amides is 1. The van der Waals surface area contributed by atoms with Crippen LogP contribution in [-0.2, 0) is 0 Å². The Hall–Kier alpha value is -2.66. The zero-order chi connectivity index (χ0) is 16.9. The minimum Gasteiger partial charge on any atom is -0.351 e. The van der Waals surface area contributed by atoms with Gasteiger partial charge in [-0.05, 0) is 12.1 Å². The number of halogens is 1. The summed E-state index contributed by atoms with van der Waals surface area (Å²) in [4.78, 5) is 16.6. The van der Waals surface area contributed by atoms with Crippen LogP contribution in [0.1, 0.15) is 29.1 Å². The van der Waals surface area contributed by atoms with Crippen LogP contribution >= 0.6 is 11.6 Å². The molecule has 5 nitrogen and oxygen atoms in total. The van der Waals surface area contributed by atoms with Crippen molar-refractivity contribution in [1.82, 2.24) is 15.5 Å². The van der Waals surface area contributed by atoms with Gasteiger partial charge in [0.1, 0.15) is 0 Å². The van der Waals surface area contributed by atoms with Crippen LogP contribution in [0.5, 0.6) is 0 Å². The van der Waals surface area contributed by atoms with Crippen LogP contribution in [0.25, 0.3) is 11.4 Å². The summed E-state index contributed by atoms with van der Waals surface area (Å²) in [5, 5.41) is 7.25. The van der Waals surface area contributed by atoms with E-state index in [-0.39, 0.29) is 11.8 Å². The predicted molar refractivity (Wildman–Crippen MR) is 91.9 cm³/mol. The highest BCUT2D eigenvalue weighted by Gasteiger charge is 2.17. The molecule has 0 saturated carbocycles. The second kappa shape index (κ2) is 7.27. The van der Waals surface area contributed by atoms with Crippen molar-refractivity contribution < 1.29 is 9.32 Å². The predicted octanol–water partition coefficient (Wildman–Crippen LogP) is 3.92. The molecule has 1 unspecified atom stereocenters. The van der Waals surface area contributed by atoms with Crippen molar-refractivity contribution in [3.63, 3.8) is 0 Å². The van der Waals surface area contributed by atoms with Gasteiger partial charge in [-0.25, -0.2) is 0 Å². The molecule has 1 N–H and O–H groups in total. The Balaban J connectivity index is 1.64. The molecule has 0 aliphatic rings. The standard InChI is InChI=1S/C18H16ClN3O2/c1-12(11-20-17(23)14-9-5-6-10-15(14)19)18-21-16(22-24-18)13-7-3-2-4-8-13/h2-10,12H,11H2,1H3,(H,20,23). The molecule has 0 saturated heterocycles. The third-order valence-corrected chi connectivity index (χ3v) is 3.91. The lowest BCUT2D eigenvalue weighted by Gasteiger charge is -2.09. The van der Waals surface area contributed by atoms with Crippen molar-refractivity contribution in [3.05, 3.63) is 71.1 Å². The summed E-state index contributed by atoms with van der Waals surface area (Å²) >= 11 is 6.02. The molecule has 0 aliphatic carbocycles. The number of nitrogens with zero attached hydrogens (tertiary/aromatic N) is 2. The quantitative estimate of drug-likeness (QED) is 0.763. The van der Waals surface area contributed by atoms with Crippen molar-refractivity contribution >= 4 is 17.5 Å². The van der Waals surface area contributed by atoms with E-state index in [0.717, 1.165) is 5.56 Å². The lowest BCUT2D eigenvalue weighted by molar-refractivity contribution is 0.0950. The monoisotopic (exact) mass is 341 g/mol. The fourth-order valence-electron chi connectivity index (χ4n) is 2.21. The van der Waals surface area contributed by atoms with E-state index >= 15 is 0 Å². The van der Waals surface area contributed by atoms with E-state index in [1.165, 1.54) is 0 Å². The number of carbonyl (C=O) groups excluding carboxylic acids is 1. The number of hydrogen-bond acceptors (Lipinski definition) is 4. The van der Waals surface area contributed by atoms with Gasteiger partial charge in [0.15, 0.2) is 0 Å². The van der Waals surface area contributed by atoms with Crippen molar-refractivity contribution in [2.45, 2.75) is 12.8 Å². The van der Waals surface area contributed by atoms with Gasteiger partial charge in [-0.1, -0.05) is 66.1 Å². The maximum atomic E-state index is 12.2. The SMILES string of the molecule is CC(CNC(=O)c1ccccc1Cl)c1nc(-c2ccccc2)no1. The van der Waals surface area contributed by atoms with Gasteiger partial charge >= 0.3 is 0 Å². The number of rotatable bonds is 5. The first kappa shape index (κ1) is 16.2. The normalized spacial score (nSPS) is 11.9. The summed E-state index contributed by atoms with van der Waals surface area (Å²) in [7, 11) is 0. The number of hydrogen-bond donors (Lipinski definition) is 1. The average Bonchev–Trinajstić information content (AvgIpc) is 3.11. The first-order chi connectivity index (χ1) is 11.6. The van der Waals surface area contributed by atoms with E-state index in [0.29, 0.717) is 28.8 Å². The molecule has 0 radical (unpaired) electrons. The molecule has 0 bridgehead atoms. The van der Waals surface area contributed by atoms with Gasteiger partial charge in [0.25, 0.3) is 5.91 Å². The number of aromatic nitrogens is 2. The van der Waals surface area contributed by atoms with Crippen LogP contribution in [0.15, 0.2) is 59.1 Å². The summed E-state index contributed by atoms with van der Waals surface area (Å²) in [5.41, 5.74) is 1.33. The van der Waals surface area contributed by atoms with Crippen molar-refractivity contribution in [2.24, 2.45) is 0 Å². The topological polar surface area (TPSA) is 68.0 Å². The molecule has 1 aromatic heterocycles. The van der Waals surface area contributed by atoms with Crippen LogP contribution < -0.4 is 5.32 Å². The lowest BCUT2D eigenvalue weighted by Crippen LogP contribution is -2.27. The molecule has 0 aliphatic heterocycles.